The first-order valence-corrected chi connectivity index (χ1v) is 5.09. The number of nitrogens with zero attached hydrogens (tertiary/aromatic N) is 2. The fourth-order valence-corrected chi connectivity index (χ4v) is 1.40. The van der Waals surface area contributed by atoms with Crippen molar-refractivity contribution in [3.8, 4) is 5.75 Å². The Hall–Kier alpha value is -1.52. The van der Waals surface area contributed by atoms with Gasteiger partial charge in [0.2, 0.25) is 0 Å². The average molecular weight is 257 g/mol. The van der Waals surface area contributed by atoms with E-state index in [0.29, 0.717) is 10.8 Å². The van der Waals surface area contributed by atoms with E-state index < -0.39 is 5.56 Å². The van der Waals surface area contributed by atoms with Crippen LogP contribution in [0.25, 0.3) is 0 Å². The van der Waals surface area contributed by atoms with Crippen molar-refractivity contribution >= 4 is 23.2 Å². The minimum Gasteiger partial charge on any atom is -0.370 e. The molecule has 0 aliphatic carbocycles. The standard InChI is InChI=1S/C10H6Cl2N2O2/c11-7-2-1-3-8(10(7)12)16-14-5-4-13-6-9(14)15/h1-6H. The largest absolute Gasteiger partial charge is 0.370 e. The highest BCUT2D eigenvalue weighted by atomic mass is 35.5. The summed E-state index contributed by atoms with van der Waals surface area (Å²) in [6, 6.07) is 4.92. The van der Waals surface area contributed by atoms with E-state index in [9.17, 15) is 4.79 Å². The van der Waals surface area contributed by atoms with E-state index in [4.69, 9.17) is 28.0 Å². The predicted molar refractivity (Wildman–Crippen MR) is 61.0 cm³/mol. The number of benzene rings is 1. The maximum atomic E-state index is 11.3. The molecule has 4 nitrogen and oxygen atoms in total. The first-order chi connectivity index (χ1) is 7.68. The molecule has 6 heteroatoms. The summed E-state index contributed by atoms with van der Waals surface area (Å²) in [6.07, 6.45) is 3.96. The number of rotatable bonds is 2. The molecule has 0 fully saturated rings. The first-order valence-electron chi connectivity index (χ1n) is 4.33. The molecule has 0 amide bonds. The Balaban J connectivity index is 2.38. The zero-order valence-electron chi connectivity index (χ0n) is 7.93. The van der Waals surface area contributed by atoms with Crippen LogP contribution in [0, 0.1) is 0 Å². The number of hydrogen-bond acceptors (Lipinski definition) is 3. The fraction of sp³-hybridized carbons (Fsp3) is 0. The third kappa shape index (κ3) is 2.18. The lowest BCUT2D eigenvalue weighted by atomic mass is 10.3. The molecule has 0 aliphatic rings. The highest BCUT2D eigenvalue weighted by Crippen LogP contribution is 2.31. The summed E-state index contributed by atoms with van der Waals surface area (Å²) >= 11 is 11.7. The maximum Gasteiger partial charge on any atom is 0.301 e. The van der Waals surface area contributed by atoms with Crippen molar-refractivity contribution in [2.45, 2.75) is 0 Å². The Labute approximate surface area is 101 Å². The van der Waals surface area contributed by atoms with Crippen molar-refractivity contribution in [2.24, 2.45) is 0 Å². The van der Waals surface area contributed by atoms with Gasteiger partial charge in [-0.25, -0.2) is 0 Å². The summed E-state index contributed by atoms with van der Waals surface area (Å²) in [4.78, 5) is 20.2. The first kappa shape index (κ1) is 11.0. The molecular formula is C10H6Cl2N2O2. The van der Waals surface area contributed by atoms with Crippen LogP contribution in [0.5, 0.6) is 5.75 Å². The van der Waals surface area contributed by atoms with Gasteiger partial charge in [0.05, 0.1) is 17.4 Å². The van der Waals surface area contributed by atoms with Crippen LogP contribution in [-0.2, 0) is 0 Å². The van der Waals surface area contributed by atoms with E-state index in [0.717, 1.165) is 10.9 Å². The van der Waals surface area contributed by atoms with Gasteiger partial charge in [0.15, 0.2) is 5.75 Å². The molecule has 1 heterocycles. The van der Waals surface area contributed by atoms with Gasteiger partial charge in [0.1, 0.15) is 5.02 Å². The van der Waals surface area contributed by atoms with Gasteiger partial charge in [-0.3, -0.25) is 9.78 Å². The molecular weight excluding hydrogens is 251 g/mol. The normalized spacial score (nSPS) is 10.1. The van der Waals surface area contributed by atoms with Crippen LogP contribution in [0.4, 0.5) is 0 Å². The van der Waals surface area contributed by atoms with Crippen LogP contribution in [0.15, 0.2) is 41.6 Å². The van der Waals surface area contributed by atoms with E-state index >= 15 is 0 Å². The van der Waals surface area contributed by atoms with Crippen LogP contribution >= 0.6 is 23.2 Å². The molecule has 0 atom stereocenters. The Morgan fingerprint density at radius 1 is 1.31 bits per heavy atom. The van der Waals surface area contributed by atoms with Gasteiger partial charge in [-0.05, 0) is 12.1 Å². The minimum absolute atomic E-state index is 0.257. The van der Waals surface area contributed by atoms with Gasteiger partial charge in [-0.15, -0.1) is 4.73 Å². The van der Waals surface area contributed by atoms with Gasteiger partial charge in [-0.2, -0.15) is 0 Å². The van der Waals surface area contributed by atoms with Crippen molar-refractivity contribution in [3.05, 3.63) is 57.2 Å². The molecule has 0 saturated heterocycles. The molecule has 2 rings (SSSR count). The quantitative estimate of drug-likeness (QED) is 0.829. The second-order valence-electron chi connectivity index (χ2n) is 2.88. The summed E-state index contributed by atoms with van der Waals surface area (Å²) in [5.41, 5.74) is -0.390. The average Bonchev–Trinajstić information content (AvgIpc) is 2.28. The van der Waals surface area contributed by atoms with Crippen molar-refractivity contribution in [1.82, 2.24) is 9.71 Å². The summed E-state index contributed by atoms with van der Waals surface area (Å²) in [7, 11) is 0. The maximum absolute atomic E-state index is 11.3. The Kier molecular flexibility index (Phi) is 3.12. The van der Waals surface area contributed by atoms with E-state index in [1.54, 1.807) is 18.2 Å². The lowest BCUT2D eigenvalue weighted by Gasteiger charge is -2.08. The summed E-state index contributed by atoms with van der Waals surface area (Å²) < 4.78 is 1.02. The van der Waals surface area contributed by atoms with Gasteiger partial charge in [0.25, 0.3) is 0 Å². The van der Waals surface area contributed by atoms with Crippen LogP contribution in [0.2, 0.25) is 10.0 Å². The summed E-state index contributed by atoms with van der Waals surface area (Å²) in [6.45, 7) is 0. The molecule has 0 aliphatic heterocycles. The minimum atomic E-state index is -0.390. The highest BCUT2D eigenvalue weighted by molar-refractivity contribution is 6.42. The van der Waals surface area contributed by atoms with Crippen LogP contribution in [0.3, 0.4) is 0 Å². The van der Waals surface area contributed by atoms with Crippen molar-refractivity contribution in [1.29, 1.82) is 0 Å². The van der Waals surface area contributed by atoms with Crippen LogP contribution < -0.4 is 10.4 Å². The van der Waals surface area contributed by atoms with Crippen molar-refractivity contribution in [2.75, 3.05) is 0 Å². The molecule has 0 saturated carbocycles. The zero-order chi connectivity index (χ0) is 11.5. The van der Waals surface area contributed by atoms with E-state index in [1.807, 2.05) is 0 Å². The molecule has 1 aromatic heterocycles. The molecule has 82 valence electrons. The lowest BCUT2D eigenvalue weighted by Crippen LogP contribution is -2.23. The number of aromatic nitrogens is 2. The Morgan fingerprint density at radius 3 is 2.88 bits per heavy atom. The molecule has 0 bridgehead atoms. The van der Waals surface area contributed by atoms with E-state index in [2.05, 4.69) is 4.98 Å². The monoisotopic (exact) mass is 256 g/mol. The molecule has 1 aromatic carbocycles. The van der Waals surface area contributed by atoms with Crippen molar-refractivity contribution < 1.29 is 4.84 Å². The fourth-order valence-electron chi connectivity index (χ4n) is 1.07. The summed E-state index contributed by atoms with van der Waals surface area (Å²) in [5.74, 6) is 0.308. The van der Waals surface area contributed by atoms with Gasteiger partial charge in [0, 0.05) is 6.20 Å². The number of hydrogen-bond donors (Lipinski definition) is 0. The molecule has 0 unspecified atom stereocenters. The Bertz CT molecular complexity index is 569. The molecule has 0 radical (unpaired) electrons. The lowest BCUT2D eigenvalue weighted by molar-refractivity contribution is 0.203. The van der Waals surface area contributed by atoms with Gasteiger partial charge in [-0.1, -0.05) is 29.3 Å². The van der Waals surface area contributed by atoms with Crippen LogP contribution in [0.1, 0.15) is 0 Å². The third-order valence-corrected chi connectivity index (χ3v) is 2.60. The summed E-state index contributed by atoms with van der Waals surface area (Å²) in [5, 5.41) is 0.620. The van der Waals surface area contributed by atoms with E-state index in [1.165, 1.54) is 12.4 Å². The topological polar surface area (TPSA) is 44.1 Å². The van der Waals surface area contributed by atoms with E-state index in [-0.39, 0.29) is 5.02 Å². The molecule has 0 spiro atoms. The predicted octanol–water partition coefficient (Wildman–Crippen LogP) is 2.39. The number of halogens is 2. The SMILES string of the molecule is O=c1cnccn1Oc1cccc(Cl)c1Cl. The van der Waals surface area contributed by atoms with Crippen molar-refractivity contribution in [3.63, 3.8) is 0 Å². The highest BCUT2D eigenvalue weighted by Gasteiger charge is 2.06. The third-order valence-electron chi connectivity index (χ3n) is 1.80. The second-order valence-corrected chi connectivity index (χ2v) is 3.67. The molecule has 16 heavy (non-hydrogen) atoms. The van der Waals surface area contributed by atoms with Gasteiger partial charge < -0.3 is 4.84 Å². The molecule has 2 aromatic rings. The smallest absolute Gasteiger partial charge is 0.301 e. The zero-order valence-corrected chi connectivity index (χ0v) is 9.44. The second kappa shape index (κ2) is 4.55. The van der Waals surface area contributed by atoms with Crippen LogP contribution in [-0.4, -0.2) is 9.71 Å². The molecule has 0 N–H and O–H groups in total. The van der Waals surface area contributed by atoms with Gasteiger partial charge >= 0.3 is 5.56 Å². The Morgan fingerprint density at radius 2 is 2.12 bits per heavy atom.